The van der Waals surface area contributed by atoms with Gasteiger partial charge in [-0.25, -0.2) is 4.68 Å². The molecule has 1 aromatic rings. The molecule has 2 aliphatic rings. The van der Waals surface area contributed by atoms with Crippen LogP contribution in [0.3, 0.4) is 0 Å². The van der Waals surface area contributed by atoms with Crippen molar-refractivity contribution in [3.63, 3.8) is 0 Å². The van der Waals surface area contributed by atoms with E-state index in [-0.39, 0.29) is 10.6 Å². The number of nitrogens with one attached hydrogen (secondary N) is 1. The largest absolute Gasteiger partial charge is 0.382 e. The van der Waals surface area contributed by atoms with Gasteiger partial charge in [-0.3, -0.25) is 4.79 Å². The van der Waals surface area contributed by atoms with Gasteiger partial charge in [0.05, 0.1) is 11.9 Å². The van der Waals surface area contributed by atoms with Crippen LogP contribution in [0, 0.1) is 11.3 Å². The SMILES string of the molecule is CCn1ncc(NCC2(C3CC3)CC2)c(Cl)c1=O. The topological polar surface area (TPSA) is 46.9 Å². The van der Waals surface area contributed by atoms with Gasteiger partial charge in [-0.1, -0.05) is 11.6 Å². The Morgan fingerprint density at radius 3 is 2.83 bits per heavy atom. The Morgan fingerprint density at radius 2 is 2.28 bits per heavy atom. The molecule has 1 N–H and O–H groups in total. The Kier molecular flexibility index (Phi) is 2.85. The van der Waals surface area contributed by atoms with Gasteiger partial charge in [0, 0.05) is 13.1 Å². The highest BCUT2D eigenvalue weighted by Gasteiger charge is 2.53. The van der Waals surface area contributed by atoms with Gasteiger partial charge in [-0.15, -0.1) is 0 Å². The van der Waals surface area contributed by atoms with Gasteiger partial charge in [0.15, 0.2) is 0 Å². The van der Waals surface area contributed by atoms with E-state index in [4.69, 9.17) is 11.6 Å². The fourth-order valence-corrected chi connectivity index (χ4v) is 2.88. The van der Waals surface area contributed by atoms with Crippen LogP contribution in [0.1, 0.15) is 32.6 Å². The van der Waals surface area contributed by atoms with Crippen LogP contribution in [0.15, 0.2) is 11.0 Å². The quantitative estimate of drug-likeness (QED) is 0.892. The lowest BCUT2D eigenvalue weighted by molar-refractivity contribution is 0.466. The second-order valence-electron chi connectivity index (χ2n) is 5.48. The summed E-state index contributed by atoms with van der Waals surface area (Å²) in [6, 6.07) is 0. The average Bonchev–Trinajstić information content (AvgIpc) is 3.24. The standard InChI is InChI=1S/C13H18ClN3O/c1-2-17-12(18)11(14)10(7-16-17)15-8-13(5-6-13)9-3-4-9/h7,9,15H,2-6,8H2,1H3. The first-order chi connectivity index (χ1) is 8.66. The van der Waals surface area contributed by atoms with E-state index in [0.29, 0.717) is 17.6 Å². The van der Waals surface area contributed by atoms with E-state index < -0.39 is 0 Å². The molecular formula is C13H18ClN3O. The van der Waals surface area contributed by atoms with Crippen molar-refractivity contribution in [2.75, 3.05) is 11.9 Å². The minimum absolute atomic E-state index is 0.208. The van der Waals surface area contributed by atoms with Crippen LogP contribution < -0.4 is 10.9 Å². The molecule has 0 bridgehead atoms. The second-order valence-corrected chi connectivity index (χ2v) is 5.86. The van der Waals surface area contributed by atoms with Crippen LogP contribution >= 0.6 is 11.6 Å². The molecule has 0 saturated heterocycles. The summed E-state index contributed by atoms with van der Waals surface area (Å²) in [5, 5.41) is 7.68. The molecule has 18 heavy (non-hydrogen) atoms. The van der Waals surface area contributed by atoms with Crippen molar-refractivity contribution in [3.8, 4) is 0 Å². The third-order valence-electron chi connectivity index (χ3n) is 4.25. The monoisotopic (exact) mass is 267 g/mol. The maximum atomic E-state index is 11.8. The molecule has 0 spiro atoms. The van der Waals surface area contributed by atoms with Crippen LogP contribution in [0.4, 0.5) is 5.69 Å². The summed E-state index contributed by atoms with van der Waals surface area (Å²) in [5.41, 5.74) is 0.960. The zero-order chi connectivity index (χ0) is 12.8. The number of anilines is 1. The lowest BCUT2D eigenvalue weighted by atomic mass is 10.0. The van der Waals surface area contributed by atoms with Crippen molar-refractivity contribution in [1.29, 1.82) is 0 Å². The molecule has 4 nitrogen and oxygen atoms in total. The van der Waals surface area contributed by atoms with Crippen LogP contribution in [-0.2, 0) is 6.54 Å². The Bertz CT molecular complexity index is 517. The van der Waals surface area contributed by atoms with Crippen molar-refractivity contribution in [1.82, 2.24) is 9.78 Å². The molecule has 0 unspecified atom stereocenters. The number of halogens is 1. The lowest BCUT2D eigenvalue weighted by Crippen LogP contribution is -2.25. The summed E-state index contributed by atoms with van der Waals surface area (Å²) in [7, 11) is 0. The van der Waals surface area contributed by atoms with Crippen molar-refractivity contribution in [2.24, 2.45) is 11.3 Å². The highest BCUT2D eigenvalue weighted by Crippen LogP contribution is 2.61. The van der Waals surface area contributed by atoms with E-state index in [9.17, 15) is 4.79 Å². The van der Waals surface area contributed by atoms with Crippen molar-refractivity contribution < 1.29 is 0 Å². The fourth-order valence-electron chi connectivity index (χ4n) is 2.67. The van der Waals surface area contributed by atoms with E-state index in [1.165, 1.54) is 30.4 Å². The lowest BCUT2D eigenvalue weighted by Gasteiger charge is -2.16. The molecule has 2 saturated carbocycles. The Hall–Kier alpha value is -1.03. The predicted molar refractivity (Wildman–Crippen MR) is 72.1 cm³/mol. The van der Waals surface area contributed by atoms with Gasteiger partial charge in [0.2, 0.25) is 0 Å². The highest BCUT2D eigenvalue weighted by atomic mass is 35.5. The molecule has 0 atom stereocenters. The first kappa shape index (κ1) is 12.0. The molecule has 3 rings (SSSR count). The van der Waals surface area contributed by atoms with E-state index in [2.05, 4.69) is 10.4 Å². The number of hydrogen-bond acceptors (Lipinski definition) is 3. The van der Waals surface area contributed by atoms with Crippen LogP contribution in [0.2, 0.25) is 5.02 Å². The zero-order valence-electron chi connectivity index (χ0n) is 10.6. The normalized spacial score (nSPS) is 20.8. The minimum atomic E-state index is -0.208. The molecule has 2 fully saturated rings. The summed E-state index contributed by atoms with van der Waals surface area (Å²) in [5.74, 6) is 0.896. The van der Waals surface area contributed by atoms with Crippen molar-refractivity contribution >= 4 is 17.3 Å². The molecule has 1 aromatic heterocycles. The highest BCUT2D eigenvalue weighted by molar-refractivity contribution is 6.32. The molecule has 1 heterocycles. The van der Waals surface area contributed by atoms with Crippen molar-refractivity contribution in [2.45, 2.75) is 39.2 Å². The minimum Gasteiger partial charge on any atom is -0.382 e. The van der Waals surface area contributed by atoms with Gasteiger partial charge >= 0.3 is 0 Å². The summed E-state index contributed by atoms with van der Waals surface area (Å²) >= 11 is 6.09. The summed E-state index contributed by atoms with van der Waals surface area (Å²) in [6.07, 6.45) is 7.01. The zero-order valence-corrected chi connectivity index (χ0v) is 11.3. The van der Waals surface area contributed by atoms with Crippen molar-refractivity contribution in [3.05, 3.63) is 21.6 Å². The smallest absolute Gasteiger partial charge is 0.287 e. The molecule has 0 aromatic carbocycles. The van der Waals surface area contributed by atoms with Gasteiger partial charge < -0.3 is 5.32 Å². The average molecular weight is 268 g/mol. The van der Waals surface area contributed by atoms with E-state index >= 15 is 0 Å². The molecular weight excluding hydrogens is 250 g/mol. The Balaban J connectivity index is 1.73. The number of nitrogens with zero attached hydrogens (tertiary/aromatic N) is 2. The first-order valence-corrected chi connectivity index (χ1v) is 7.03. The fraction of sp³-hybridized carbons (Fsp3) is 0.692. The van der Waals surface area contributed by atoms with Gasteiger partial charge in [-0.2, -0.15) is 5.10 Å². The maximum Gasteiger partial charge on any atom is 0.287 e. The molecule has 0 amide bonds. The molecule has 0 radical (unpaired) electrons. The number of hydrogen-bond donors (Lipinski definition) is 1. The third-order valence-corrected chi connectivity index (χ3v) is 4.62. The Morgan fingerprint density at radius 1 is 1.56 bits per heavy atom. The van der Waals surface area contributed by atoms with Gasteiger partial charge in [0.25, 0.3) is 5.56 Å². The second kappa shape index (κ2) is 4.26. The summed E-state index contributed by atoms with van der Waals surface area (Å²) in [4.78, 5) is 11.8. The van der Waals surface area contributed by atoms with E-state index in [1.807, 2.05) is 6.92 Å². The number of aryl methyl sites for hydroxylation is 1. The van der Waals surface area contributed by atoms with Gasteiger partial charge in [0.1, 0.15) is 5.02 Å². The first-order valence-electron chi connectivity index (χ1n) is 6.66. The van der Waals surface area contributed by atoms with Crippen LogP contribution in [0.25, 0.3) is 0 Å². The summed E-state index contributed by atoms with van der Waals surface area (Å²) in [6.45, 7) is 3.35. The molecule has 98 valence electrons. The van der Waals surface area contributed by atoms with E-state index in [1.54, 1.807) is 6.20 Å². The maximum absolute atomic E-state index is 11.8. The van der Waals surface area contributed by atoms with Crippen LogP contribution in [-0.4, -0.2) is 16.3 Å². The van der Waals surface area contributed by atoms with Gasteiger partial charge in [-0.05, 0) is 43.9 Å². The summed E-state index contributed by atoms with van der Waals surface area (Å²) < 4.78 is 1.38. The van der Waals surface area contributed by atoms with E-state index in [0.717, 1.165) is 12.5 Å². The molecule has 0 aliphatic heterocycles. The van der Waals surface area contributed by atoms with Crippen LogP contribution in [0.5, 0.6) is 0 Å². The third kappa shape index (κ3) is 2.03. The molecule has 5 heteroatoms. The number of aromatic nitrogens is 2. The predicted octanol–water partition coefficient (Wildman–Crippen LogP) is 2.52. The molecule has 2 aliphatic carbocycles. The Labute approximate surface area is 111 Å². The number of rotatable bonds is 5.